The van der Waals surface area contributed by atoms with Crippen molar-refractivity contribution >= 4 is 11.6 Å². The smallest absolute Gasteiger partial charge is 0.123 e. The van der Waals surface area contributed by atoms with Gasteiger partial charge in [0.25, 0.3) is 0 Å². The molecule has 0 aliphatic rings. The predicted octanol–water partition coefficient (Wildman–Crippen LogP) is 5.45. The molecule has 1 aromatic carbocycles. The normalized spacial score (nSPS) is 12.8. The van der Waals surface area contributed by atoms with E-state index in [1.807, 2.05) is 36.4 Å². The number of hydrogen-bond acceptors (Lipinski definition) is 3. The van der Waals surface area contributed by atoms with Crippen molar-refractivity contribution in [3.63, 3.8) is 0 Å². The van der Waals surface area contributed by atoms with E-state index >= 15 is 0 Å². The predicted molar refractivity (Wildman–Crippen MR) is 103 cm³/mol. The summed E-state index contributed by atoms with van der Waals surface area (Å²) in [4.78, 5) is 4.27. The Morgan fingerprint density at radius 2 is 1.60 bits per heavy atom. The molecule has 0 aliphatic carbocycles. The number of nitriles is 1. The Hall–Kier alpha value is -2.60. The molecular weight excluding hydrogens is 308 g/mol. The number of nitrogens with zero attached hydrogens (tertiary/aromatic N) is 2. The molecule has 3 heteroatoms. The SMILES string of the molecule is CC(C)(C)c1cc(C=C(C#N)c2ccccn2)cc(C(C)(C)C)c1O. The van der Waals surface area contributed by atoms with Crippen LogP contribution in [0.3, 0.4) is 0 Å². The Kier molecular flexibility index (Phi) is 5.04. The van der Waals surface area contributed by atoms with Crippen LogP contribution in [0.15, 0.2) is 36.5 Å². The summed E-state index contributed by atoms with van der Waals surface area (Å²) < 4.78 is 0. The van der Waals surface area contributed by atoms with Crippen molar-refractivity contribution in [2.75, 3.05) is 0 Å². The fourth-order valence-corrected chi connectivity index (χ4v) is 2.74. The first-order valence-corrected chi connectivity index (χ1v) is 8.45. The molecule has 0 saturated carbocycles. The maximum atomic E-state index is 10.8. The molecule has 0 saturated heterocycles. The van der Waals surface area contributed by atoms with Crippen LogP contribution >= 0.6 is 0 Å². The molecule has 0 radical (unpaired) electrons. The lowest BCUT2D eigenvalue weighted by atomic mass is 9.78. The Morgan fingerprint density at radius 1 is 1.04 bits per heavy atom. The average molecular weight is 334 g/mol. The maximum Gasteiger partial charge on any atom is 0.123 e. The number of pyridine rings is 1. The van der Waals surface area contributed by atoms with E-state index in [0.29, 0.717) is 17.0 Å². The second-order valence-electron chi connectivity index (χ2n) is 8.35. The van der Waals surface area contributed by atoms with E-state index < -0.39 is 0 Å². The quantitative estimate of drug-likeness (QED) is 0.743. The molecule has 2 rings (SSSR count). The molecule has 130 valence electrons. The molecule has 1 aromatic heterocycles. The topological polar surface area (TPSA) is 56.9 Å². The number of phenols is 1. The third kappa shape index (κ3) is 4.28. The first-order valence-electron chi connectivity index (χ1n) is 8.45. The Balaban J connectivity index is 2.70. The molecule has 1 N–H and O–H groups in total. The number of aromatic nitrogens is 1. The zero-order valence-electron chi connectivity index (χ0n) is 15.9. The van der Waals surface area contributed by atoms with Crippen LogP contribution in [0, 0.1) is 11.3 Å². The number of allylic oxidation sites excluding steroid dienone is 1. The number of aromatic hydroxyl groups is 1. The van der Waals surface area contributed by atoms with Crippen LogP contribution in [0.2, 0.25) is 0 Å². The Morgan fingerprint density at radius 3 is 2.00 bits per heavy atom. The van der Waals surface area contributed by atoms with Gasteiger partial charge in [-0.2, -0.15) is 5.26 Å². The zero-order chi connectivity index (χ0) is 18.8. The van der Waals surface area contributed by atoms with Crippen molar-refractivity contribution in [3.05, 3.63) is 58.9 Å². The van der Waals surface area contributed by atoms with Crippen molar-refractivity contribution in [2.24, 2.45) is 0 Å². The Bertz CT molecular complexity index is 794. The van der Waals surface area contributed by atoms with Crippen molar-refractivity contribution < 1.29 is 5.11 Å². The molecule has 0 fully saturated rings. The molecule has 2 aromatic rings. The lowest BCUT2D eigenvalue weighted by Gasteiger charge is -2.28. The maximum absolute atomic E-state index is 10.8. The molecule has 3 nitrogen and oxygen atoms in total. The summed E-state index contributed by atoms with van der Waals surface area (Å²) in [6, 6.07) is 11.7. The standard InChI is InChI=1S/C22H26N2O/c1-21(2,3)17-12-15(13-18(20(17)25)22(4,5)6)11-16(14-23)19-9-7-8-10-24-19/h7-13,25H,1-6H3. The van der Waals surface area contributed by atoms with Gasteiger partial charge in [0.2, 0.25) is 0 Å². The monoisotopic (exact) mass is 334 g/mol. The second kappa shape index (κ2) is 6.72. The number of benzene rings is 1. The highest BCUT2D eigenvalue weighted by Gasteiger charge is 2.26. The van der Waals surface area contributed by atoms with Gasteiger partial charge in [-0.3, -0.25) is 4.98 Å². The Labute approximate surface area is 150 Å². The van der Waals surface area contributed by atoms with Crippen LogP contribution in [0.5, 0.6) is 5.75 Å². The minimum atomic E-state index is -0.203. The minimum Gasteiger partial charge on any atom is -0.507 e. The summed E-state index contributed by atoms with van der Waals surface area (Å²) >= 11 is 0. The van der Waals surface area contributed by atoms with Crippen LogP contribution in [0.25, 0.3) is 11.6 Å². The summed E-state index contributed by atoms with van der Waals surface area (Å²) in [6.45, 7) is 12.5. The summed E-state index contributed by atoms with van der Waals surface area (Å²) in [6.07, 6.45) is 3.52. The van der Waals surface area contributed by atoms with Crippen LogP contribution in [0.1, 0.15) is 63.9 Å². The second-order valence-corrected chi connectivity index (χ2v) is 8.35. The molecule has 0 bridgehead atoms. The van der Waals surface area contributed by atoms with Gasteiger partial charge in [0.05, 0.1) is 11.3 Å². The van der Waals surface area contributed by atoms with Crippen molar-refractivity contribution in [1.82, 2.24) is 4.98 Å². The van der Waals surface area contributed by atoms with E-state index in [4.69, 9.17) is 0 Å². The largest absolute Gasteiger partial charge is 0.507 e. The van der Waals surface area contributed by atoms with Gasteiger partial charge >= 0.3 is 0 Å². The van der Waals surface area contributed by atoms with Gasteiger partial charge in [0.15, 0.2) is 0 Å². The van der Waals surface area contributed by atoms with Crippen LogP contribution in [-0.2, 0) is 10.8 Å². The molecule has 25 heavy (non-hydrogen) atoms. The van der Waals surface area contributed by atoms with E-state index in [1.54, 1.807) is 6.20 Å². The third-order valence-corrected chi connectivity index (χ3v) is 4.12. The van der Waals surface area contributed by atoms with E-state index in [1.165, 1.54) is 0 Å². The minimum absolute atomic E-state index is 0.203. The van der Waals surface area contributed by atoms with Crippen LogP contribution in [0.4, 0.5) is 0 Å². The first-order chi connectivity index (χ1) is 11.5. The van der Waals surface area contributed by atoms with Crippen LogP contribution in [-0.4, -0.2) is 10.1 Å². The van der Waals surface area contributed by atoms with E-state index in [0.717, 1.165) is 16.7 Å². The highest BCUT2D eigenvalue weighted by molar-refractivity contribution is 5.88. The van der Waals surface area contributed by atoms with Gasteiger partial charge in [0.1, 0.15) is 11.8 Å². The van der Waals surface area contributed by atoms with Crippen molar-refractivity contribution in [1.29, 1.82) is 5.26 Å². The van der Waals surface area contributed by atoms with E-state index in [2.05, 4.69) is 52.6 Å². The number of rotatable bonds is 2. The summed E-state index contributed by atoms with van der Waals surface area (Å²) in [5.41, 5.74) is 3.40. The number of phenolic OH excluding ortho intramolecular Hbond substituents is 1. The van der Waals surface area contributed by atoms with Gasteiger partial charge < -0.3 is 5.11 Å². The van der Waals surface area contributed by atoms with Gasteiger partial charge in [0, 0.05) is 17.3 Å². The van der Waals surface area contributed by atoms with Gasteiger partial charge in [-0.15, -0.1) is 0 Å². The lowest BCUT2D eigenvalue weighted by Crippen LogP contribution is -2.17. The molecule has 1 heterocycles. The molecule has 0 aliphatic heterocycles. The van der Waals surface area contributed by atoms with E-state index in [9.17, 15) is 10.4 Å². The average Bonchev–Trinajstić information content (AvgIpc) is 2.52. The van der Waals surface area contributed by atoms with Crippen LogP contribution < -0.4 is 0 Å². The third-order valence-electron chi connectivity index (χ3n) is 4.12. The fourth-order valence-electron chi connectivity index (χ4n) is 2.74. The molecular formula is C22H26N2O. The molecule has 0 amide bonds. The summed E-state index contributed by atoms with van der Waals surface area (Å²) in [5.74, 6) is 0.341. The van der Waals surface area contributed by atoms with Crippen molar-refractivity contribution in [2.45, 2.75) is 52.4 Å². The highest BCUT2D eigenvalue weighted by atomic mass is 16.3. The van der Waals surface area contributed by atoms with Gasteiger partial charge in [-0.05, 0) is 46.7 Å². The lowest BCUT2D eigenvalue weighted by molar-refractivity contribution is 0.423. The fraction of sp³-hybridized carbons (Fsp3) is 0.364. The van der Waals surface area contributed by atoms with Crippen molar-refractivity contribution in [3.8, 4) is 11.8 Å². The summed E-state index contributed by atoms with van der Waals surface area (Å²) in [7, 11) is 0. The van der Waals surface area contributed by atoms with Gasteiger partial charge in [-0.25, -0.2) is 0 Å². The molecule has 0 unspecified atom stereocenters. The van der Waals surface area contributed by atoms with Gasteiger partial charge in [-0.1, -0.05) is 47.6 Å². The summed E-state index contributed by atoms with van der Waals surface area (Å²) in [5, 5.41) is 20.3. The highest BCUT2D eigenvalue weighted by Crippen LogP contribution is 2.40. The number of hydrogen-bond donors (Lipinski definition) is 1. The zero-order valence-corrected chi connectivity index (χ0v) is 15.9. The van der Waals surface area contributed by atoms with E-state index in [-0.39, 0.29) is 10.8 Å². The molecule has 0 spiro atoms. The molecule has 0 atom stereocenters. The first kappa shape index (κ1) is 18.7.